The number of thiophene rings is 1. The number of hydrogen-bond acceptors (Lipinski definition) is 9. The van der Waals surface area contributed by atoms with Gasteiger partial charge in [-0.05, 0) is 17.5 Å². The van der Waals surface area contributed by atoms with E-state index in [1.54, 1.807) is 0 Å². The standard InChI is InChI=1S/C19H23NO8S/c1-11(22)20-16-14(27-7-3-5-12-6-4-8-29-12)9-15(19(25)26-2)28-18(16)17(24)13(23)10-21/h4,6,8-9,13-14,16-18,21,23-24H,7,10H2,1-2H3,(H,20,22)/t13-,14-,16-,17-,18-/m1/s1. The predicted octanol–water partition coefficient (Wildman–Crippen LogP) is -0.841. The molecule has 0 aromatic carbocycles. The predicted molar refractivity (Wildman–Crippen MR) is 103 cm³/mol. The molecule has 0 aliphatic carbocycles. The molecule has 0 unspecified atom stereocenters. The van der Waals surface area contributed by atoms with Gasteiger partial charge in [0.1, 0.15) is 24.9 Å². The van der Waals surface area contributed by atoms with E-state index in [9.17, 15) is 19.8 Å². The Morgan fingerprint density at radius 2 is 2.17 bits per heavy atom. The summed E-state index contributed by atoms with van der Waals surface area (Å²) in [5.74, 6) is 4.24. The number of methoxy groups -OCH3 is 1. The van der Waals surface area contributed by atoms with Crippen LogP contribution in [0.25, 0.3) is 0 Å². The Kier molecular flexibility index (Phi) is 8.63. The lowest BCUT2D eigenvalue weighted by atomic mass is 9.93. The summed E-state index contributed by atoms with van der Waals surface area (Å²) in [5.41, 5.74) is 0. The third-order valence-electron chi connectivity index (χ3n) is 4.04. The molecule has 1 aliphatic heterocycles. The number of aliphatic hydroxyl groups is 3. The van der Waals surface area contributed by atoms with Gasteiger partial charge >= 0.3 is 5.97 Å². The Balaban J connectivity index is 2.27. The molecule has 1 aromatic heterocycles. The number of carbonyl (C=O) groups excluding carboxylic acids is 2. The second kappa shape index (κ2) is 10.9. The van der Waals surface area contributed by atoms with Gasteiger partial charge in [0.2, 0.25) is 11.7 Å². The first-order valence-corrected chi connectivity index (χ1v) is 9.60. The molecule has 1 aromatic rings. The average molecular weight is 425 g/mol. The summed E-state index contributed by atoms with van der Waals surface area (Å²) in [6.45, 7) is 0.483. The maximum Gasteiger partial charge on any atom is 0.373 e. The van der Waals surface area contributed by atoms with Crippen molar-refractivity contribution in [1.29, 1.82) is 0 Å². The average Bonchev–Trinajstić information content (AvgIpc) is 3.23. The topological polar surface area (TPSA) is 135 Å². The minimum atomic E-state index is -1.62. The van der Waals surface area contributed by atoms with Crippen molar-refractivity contribution in [2.45, 2.75) is 37.4 Å². The fourth-order valence-electron chi connectivity index (χ4n) is 2.69. The highest BCUT2D eigenvalue weighted by molar-refractivity contribution is 7.10. The Bertz CT molecular complexity index is 782. The van der Waals surface area contributed by atoms with Crippen molar-refractivity contribution >= 4 is 23.2 Å². The maximum atomic E-state index is 12.0. The zero-order chi connectivity index (χ0) is 21.4. The molecule has 0 radical (unpaired) electrons. The van der Waals surface area contributed by atoms with Crippen molar-refractivity contribution in [3.05, 3.63) is 34.2 Å². The van der Waals surface area contributed by atoms with Crippen LogP contribution in [0.4, 0.5) is 0 Å². The summed E-state index contributed by atoms with van der Waals surface area (Å²) in [4.78, 5) is 24.5. The molecule has 1 amide bonds. The van der Waals surface area contributed by atoms with E-state index in [1.807, 2.05) is 17.5 Å². The monoisotopic (exact) mass is 425 g/mol. The molecule has 4 N–H and O–H groups in total. The quantitative estimate of drug-likeness (QED) is 0.328. The molecule has 0 fully saturated rings. The second-order valence-corrected chi connectivity index (χ2v) is 7.07. The third-order valence-corrected chi connectivity index (χ3v) is 4.83. The Morgan fingerprint density at radius 3 is 2.76 bits per heavy atom. The number of carbonyl (C=O) groups is 2. The van der Waals surface area contributed by atoms with Crippen LogP contribution in [0.5, 0.6) is 0 Å². The van der Waals surface area contributed by atoms with Crippen molar-refractivity contribution in [2.24, 2.45) is 0 Å². The molecule has 0 spiro atoms. The van der Waals surface area contributed by atoms with E-state index in [0.29, 0.717) is 0 Å². The van der Waals surface area contributed by atoms with Crippen LogP contribution in [-0.2, 0) is 23.8 Å². The molecule has 10 heteroatoms. The van der Waals surface area contributed by atoms with Crippen LogP contribution < -0.4 is 5.32 Å². The summed E-state index contributed by atoms with van der Waals surface area (Å²) in [5, 5.41) is 33.8. The number of ether oxygens (including phenoxy) is 3. The first-order valence-electron chi connectivity index (χ1n) is 8.72. The highest BCUT2D eigenvalue weighted by Crippen LogP contribution is 2.25. The lowest BCUT2D eigenvalue weighted by molar-refractivity contribution is -0.153. The molecule has 158 valence electrons. The molecule has 9 nitrogen and oxygen atoms in total. The zero-order valence-electron chi connectivity index (χ0n) is 15.9. The molecule has 0 bridgehead atoms. The fraction of sp³-hybridized carbons (Fsp3) is 0.474. The van der Waals surface area contributed by atoms with Crippen LogP contribution >= 0.6 is 11.3 Å². The maximum absolute atomic E-state index is 12.0. The van der Waals surface area contributed by atoms with Crippen molar-refractivity contribution in [1.82, 2.24) is 5.32 Å². The van der Waals surface area contributed by atoms with Crippen LogP contribution in [0, 0.1) is 11.8 Å². The number of rotatable bonds is 7. The van der Waals surface area contributed by atoms with Crippen LogP contribution in [-0.4, -0.2) is 78.0 Å². The van der Waals surface area contributed by atoms with Gasteiger partial charge in [-0.25, -0.2) is 4.79 Å². The van der Waals surface area contributed by atoms with E-state index < -0.39 is 48.9 Å². The Hall–Kier alpha value is -2.42. The smallest absolute Gasteiger partial charge is 0.373 e. The lowest BCUT2D eigenvalue weighted by Crippen LogP contribution is -2.60. The van der Waals surface area contributed by atoms with Crippen LogP contribution in [0.2, 0.25) is 0 Å². The first kappa shape index (κ1) is 22.9. The van der Waals surface area contributed by atoms with E-state index in [4.69, 9.17) is 14.6 Å². The molecule has 1 aliphatic rings. The number of nitrogens with one attached hydrogen (secondary N) is 1. The Morgan fingerprint density at radius 1 is 1.41 bits per heavy atom. The fourth-order valence-corrected chi connectivity index (χ4v) is 3.28. The summed E-state index contributed by atoms with van der Waals surface area (Å²) < 4.78 is 15.8. The van der Waals surface area contributed by atoms with Gasteiger partial charge in [-0.2, -0.15) is 0 Å². The molecule has 0 saturated heterocycles. The lowest BCUT2D eigenvalue weighted by Gasteiger charge is -2.39. The van der Waals surface area contributed by atoms with Crippen molar-refractivity contribution < 1.29 is 39.1 Å². The number of hydrogen-bond donors (Lipinski definition) is 4. The third kappa shape index (κ3) is 6.28. The van der Waals surface area contributed by atoms with Gasteiger partial charge in [-0.1, -0.05) is 17.9 Å². The number of amides is 1. The van der Waals surface area contributed by atoms with Crippen molar-refractivity contribution in [3.63, 3.8) is 0 Å². The normalized spacial score (nSPS) is 22.9. The summed E-state index contributed by atoms with van der Waals surface area (Å²) in [6, 6.07) is 2.76. The van der Waals surface area contributed by atoms with Gasteiger partial charge in [0, 0.05) is 6.92 Å². The van der Waals surface area contributed by atoms with Crippen molar-refractivity contribution in [2.75, 3.05) is 20.3 Å². The van der Waals surface area contributed by atoms with Crippen LogP contribution in [0.1, 0.15) is 11.8 Å². The van der Waals surface area contributed by atoms with Crippen LogP contribution in [0.3, 0.4) is 0 Å². The molecular formula is C19H23NO8S. The van der Waals surface area contributed by atoms with Gasteiger partial charge in [-0.3, -0.25) is 4.79 Å². The minimum Gasteiger partial charge on any atom is -0.478 e. The van der Waals surface area contributed by atoms with E-state index in [2.05, 4.69) is 21.9 Å². The minimum absolute atomic E-state index is 0.0328. The highest BCUT2D eigenvalue weighted by Gasteiger charge is 2.44. The van der Waals surface area contributed by atoms with E-state index in [1.165, 1.54) is 24.3 Å². The zero-order valence-corrected chi connectivity index (χ0v) is 16.7. The number of esters is 1. The second-order valence-electron chi connectivity index (χ2n) is 6.13. The van der Waals surface area contributed by atoms with Gasteiger partial charge in [-0.15, -0.1) is 11.3 Å². The van der Waals surface area contributed by atoms with E-state index >= 15 is 0 Å². The molecule has 2 rings (SSSR count). The first-order chi connectivity index (χ1) is 13.9. The Labute approximate surface area is 171 Å². The van der Waals surface area contributed by atoms with E-state index in [-0.39, 0.29) is 12.4 Å². The number of aliphatic hydroxyl groups excluding tert-OH is 3. The summed E-state index contributed by atoms with van der Waals surface area (Å²) >= 11 is 1.47. The van der Waals surface area contributed by atoms with Gasteiger partial charge < -0.3 is 34.8 Å². The molecule has 5 atom stereocenters. The van der Waals surface area contributed by atoms with Crippen molar-refractivity contribution in [3.8, 4) is 11.8 Å². The van der Waals surface area contributed by atoms with Gasteiger partial charge in [0.05, 0.1) is 24.6 Å². The molecule has 0 saturated carbocycles. The van der Waals surface area contributed by atoms with Crippen LogP contribution in [0.15, 0.2) is 29.3 Å². The van der Waals surface area contributed by atoms with Gasteiger partial charge in [0.15, 0.2) is 6.10 Å². The van der Waals surface area contributed by atoms with Gasteiger partial charge in [0.25, 0.3) is 0 Å². The SMILES string of the molecule is COC(=O)C1=C[C@@H](OCC#Cc2cccs2)[C@@H](NC(C)=O)[C@H]([C@H](O)[C@H](O)CO)O1. The summed E-state index contributed by atoms with van der Waals surface area (Å²) in [6.07, 6.45) is -4.06. The summed E-state index contributed by atoms with van der Waals surface area (Å²) in [7, 11) is 1.16. The molecule has 2 heterocycles. The highest BCUT2D eigenvalue weighted by atomic mass is 32.1. The molecular weight excluding hydrogens is 402 g/mol. The molecule has 29 heavy (non-hydrogen) atoms. The van der Waals surface area contributed by atoms with E-state index in [0.717, 1.165) is 12.0 Å². The largest absolute Gasteiger partial charge is 0.478 e.